The van der Waals surface area contributed by atoms with E-state index >= 15 is 0 Å². The highest BCUT2D eigenvalue weighted by Gasteiger charge is 2.29. The van der Waals surface area contributed by atoms with Gasteiger partial charge in [-0.2, -0.15) is 0 Å². The Morgan fingerprint density at radius 1 is 1.29 bits per heavy atom. The van der Waals surface area contributed by atoms with Crippen molar-refractivity contribution in [3.05, 3.63) is 35.4 Å². The minimum absolute atomic E-state index is 0.0404. The molecule has 4 heteroatoms. The van der Waals surface area contributed by atoms with Crippen LogP contribution in [0.1, 0.15) is 12.5 Å². The summed E-state index contributed by atoms with van der Waals surface area (Å²) in [6, 6.07) is 3.25. The number of rotatable bonds is 3. The summed E-state index contributed by atoms with van der Waals surface area (Å²) in [6.07, 6.45) is 0.103. The third kappa shape index (κ3) is 2.88. The number of halogens is 2. The molecule has 1 aromatic carbocycles. The fraction of sp³-hybridized carbons (Fsp3) is 0.462. The standard InChI is InChI=1S/C13H15F2NO/c1-8-6-16-7-12(8)13(17)4-9-2-10(14)5-11(15)3-9/h2-3,5,8,12,16H,4,6-7H2,1H3. The van der Waals surface area contributed by atoms with Crippen molar-refractivity contribution < 1.29 is 13.6 Å². The van der Waals surface area contributed by atoms with Gasteiger partial charge in [-0.3, -0.25) is 4.79 Å². The summed E-state index contributed by atoms with van der Waals surface area (Å²) in [5, 5.41) is 3.14. The minimum atomic E-state index is -0.634. The fourth-order valence-electron chi connectivity index (χ4n) is 2.29. The van der Waals surface area contributed by atoms with Crippen molar-refractivity contribution in [3.8, 4) is 0 Å². The molecule has 1 saturated heterocycles. The summed E-state index contributed by atoms with van der Waals surface area (Å²) in [4.78, 5) is 12.0. The molecule has 1 fully saturated rings. The molecule has 1 aromatic rings. The van der Waals surface area contributed by atoms with Gasteiger partial charge in [0.15, 0.2) is 0 Å². The van der Waals surface area contributed by atoms with E-state index in [0.29, 0.717) is 18.0 Å². The zero-order valence-electron chi connectivity index (χ0n) is 9.67. The van der Waals surface area contributed by atoms with Gasteiger partial charge in [0.2, 0.25) is 0 Å². The van der Waals surface area contributed by atoms with E-state index in [1.807, 2.05) is 6.92 Å². The largest absolute Gasteiger partial charge is 0.316 e. The van der Waals surface area contributed by atoms with Crippen LogP contribution in [0.15, 0.2) is 18.2 Å². The third-order valence-corrected chi connectivity index (χ3v) is 3.23. The number of carbonyl (C=O) groups excluding carboxylic acids is 1. The lowest BCUT2D eigenvalue weighted by Crippen LogP contribution is -2.23. The van der Waals surface area contributed by atoms with Crippen LogP contribution in [0, 0.1) is 23.5 Å². The van der Waals surface area contributed by atoms with Gasteiger partial charge in [0.1, 0.15) is 17.4 Å². The van der Waals surface area contributed by atoms with Crippen molar-refractivity contribution in [3.63, 3.8) is 0 Å². The first kappa shape index (κ1) is 12.2. The SMILES string of the molecule is CC1CNCC1C(=O)Cc1cc(F)cc(F)c1. The molecule has 0 aromatic heterocycles. The Morgan fingerprint density at radius 2 is 1.94 bits per heavy atom. The minimum Gasteiger partial charge on any atom is -0.316 e. The zero-order chi connectivity index (χ0) is 12.4. The maximum Gasteiger partial charge on any atom is 0.141 e. The Hall–Kier alpha value is -1.29. The maximum atomic E-state index is 13.0. The molecule has 0 radical (unpaired) electrons. The van der Waals surface area contributed by atoms with Crippen LogP contribution in [0.2, 0.25) is 0 Å². The van der Waals surface area contributed by atoms with Crippen LogP contribution in [-0.2, 0) is 11.2 Å². The summed E-state index contributed by atoms with van der Waals surface area (Å²) < 4.78 is 25.9. The van der Waals surface area contributed by atoms with Crippen LogP contribution in [0.4, 0.5) is 8.78 Å². The topological polar surface area (TPSA) is 29.1 Å². The third-order valence-electron chi connectivity index (χ3n) is 3.23. The fourth-order valence-corrected chi connectivity index (χ4v) is 2.29. The van der Waals surface area contributed by atoms with E-state index in [1.54, 1.807) is 0 Å². The predicted octanol–water partition coefficient (Wildman–Crippen LogP) is 1.93. The molecule has 0 amide bonds. The van der Waals surface area contributed by atoms with Crippen molar-refractivity contribution in [2.24, 2.45) is 11.8 Å². The Balaban J connectivity index is 2.07. The maximum absolute atomic E-state index is 13.0. The van der Waals surface area contributed by atoms with Gasteiger partial charge < -0.3 is 5.32 Å². The first-order valence-electron chi connectivity index (χ1n) is 5.74. The molecule has 1 N–H and O–H groups in total. The van der Waals surface area contributed by atoms with Crippen molar-refractivity contribution in [1.82, 2.24) is 5.32 Å². The second-order valence-corrected chi connectivity index (χ2v) is 4.66. The molecular formula is C13H15F2NO. The molecule has 2 unspecified atom stereocenters. The number of ketones is 1. The molecule has 1 aliphatic heterocycles. The Morgan fingerprint density at radius 3 is 2.47 bits per heavy atom. The highest BCUT2D eigenvalue weighted by Crippen LogP contribution is 2.19. The van der Waals surface area contributed by atoms with E-state index in [-0.39, 0.29) is 18.1 Å². The second kappa shape index (κ2) is 4.92. The molecule has 0 bridgehead atoms. The van der Waals surface area contributed by atoms with E-state index in [9.17, 15) is 13.6 Å². The van der Waals surface area contributed by atoms with Crippen LogP contribution in [-0.4, -0.2) is 18.9 Å². The van der Waals surface area contributed by atoms with Gasteiger partial charge in [-0.05, 0) is 30.2 Å². The molecular weight excluding hydrogens is 224 g/mol. The molecule has 2 atom stereocenters. The van der Waals surface area contributed by atoms with Gasteiger partial charge in [0.05, 0.1) is 0 Å². The molecule has 2 nitrogen and oxygen atoms in total. The molecule has 0 spiro atoms. The van der Waals surface area contributed by atoms with Crippen molar-refractivity contribution in [1.29, 1.82) is 0 Å². The lowest BCUT2D eigenvalue weighted by Gasteiger charge is -2.12. The smallest absolute Gasteiger partial charge is 0.141 e. The molecule has 0 saturated carbocycles. The van der Waals surface area contributed by atoms with Gasteiger partial charge in [-0.15, -0.1) is 0 Å². The number of hydrogen-bond donors (Lipinski definition) is 1. The van der Waals surface area contributed by atoms with Crippen LogP contribution in [0.3, 0.4) is 0 Å². The van der Waals surface area contributed by atoms with Crippen LogP contribution < -0.4 is 5.32 Å². The van der Waals surface area contributed by atoms with Gasteiger partial charge >= 0.3 is 0 Å². The van der Waals surface area contributed by atoms with Crippen molar-refractivity contribution in [2.45, 2.75) is 13.3 Å². The Labute approximate surface area is 99.0 Å². The van der Waals surface area contributed by atoms with Crippen molar-refractivity contribution >= 4 is 5.78 Å². The highest BCUT2D eigenvalue weighted by atomic mass is 19.1. The Bertz CT molecular complexity index is 413. The summed E-state index contributed by atoms with van der Waals surface area (Å²) >= 11 is 0. The number of hydrogen-bond acceptors (Lipinski definition) is 2. The van der Waals surface area contributed by atoms with E-state index in [0.717, 1.165) is 12.6 Å². The van der Waals surface area contributed by atoms with Crippen molar-refractivity contribution in [2.75, 3.05) is 13.1 Å². The quantitative estimate of drug-likeness (QED) is 0.873. The average molecular weight is 239 g/mol. The van der Waals surface area contributed by atoms with E-state index in [2.05, 4.69) is 5.32 Å². The lowest BCUT2D eigenvalue weighted by atomic mass is 9.90. The molecule has 1 heterocycles. The summed E-state index contributed by atoms with van der Waals surface area (Å²) in [7, 11) is 0. The van der Waals surface area contributed by atoms with E-state index < -0.39 is 11.6 Å². The number of nitrogens with one attached hydrogen (secondary N) is 1. The summed E-state index contributed by atoms with van der Waals surface area (Å²) in [5.41, 5.74) is 0.409. The number of carbonyl (C=O) groups is 1. The number of benzene rings is 1. The van der Waals surface area contributed by atoms with Crippen LogP contribution >= 0.6 is 0 Å². The average Bonchev–Trinajstić information content (AvgIpc) is 2.62. The Kier molecular flexibility index (Phi) is 3.52. The van der Waals surface area contributed by atoms with Crippen LogP contribution in [0.25, 0.3) is 0 Å². The highest BCUT2D eigenvalue weighted by molar-refractivity contribution is 5.84. The second-order valence-electron chi connectivity index (χ2n) is 4.66. The first-order chi connectivity index (χ1) is 8.06. The van der Waals surface area contributed by atoms with E-state index in [1.165, 1.54) is 12.1 Å². The lowest BCUT2D eigenvalue weighted by molar-refractivity contribution is -0.122. The predicted molar refractivity (Wildman–Crippen MR) is 60.6 cm³/mol. The van der Waals surface area contributed by atoms with Gasteiger partial charge in [0.25, 0.3) is 0 Å². The van der Waals surface area contributed by atoms with Gasteiger partial charge in [0, 0.05) is 24.9 Å². The monoisotopic (exact) mass is 239 g/mol. The zero-order valence-corrected chi connectivity index (χ0v) is 9.67. The molecule has 92 valence electrons. The molecule has 2 rings (SSSR count). The normalized spacial score (nSPS) is 23.9. The summed E-state index contributed by atoms with van der Waals surface area (Å²) in [5.74, 6) is -0.967. The summed E-state index contributed by atoms with van der Waals surface area (Å²) in [6.45, 7) is 3.50. The van der Waals surface area contributed by atoms with Crippen LogP contribution in [0.5, 0.6) is 0 Å². The first-order valence-corrected chi connectivity index (χ1v) is 5.74. The molecule has 17 heavy (non-hydrogen) atoms. The molecule has 1 aliphatic rings. The van der Waals surface area contributed by atoms with E-state index in [4.69, 9.17) is 0 Å². The molecule has 0 aliphatic carbocycles. The number of Topliss-reactive ketones (excluding diaryl/α,β-unsaturated/α-hetero) is 1. The van der Waals surface area contributed by atoms with Gasteiger partial charge in [-0.1, -0.05) is 6.92 Å². The van der Waals surface area contributed by atoms with Gasteiger partial charge in [-0.25, -0.2) is 8.78 Å².